The molecule has 27 heavy (non-hydrogen) atoms. The third kappa shape index (κ3) is 3.46. The van der Waals surface area contributed by atoms with Crippen molar-refractivity contribution in [1.29, 1.82) is 0 Å². The number of hydrogen-bond acceptors (Lipinski definition) is 3. The van der Waals surface area contributed by atoms with Crippen LogP contribution in [0.5, 0.6) is 0 Å². The van der Waals surface area contributed by atoms with Crippen LogP contribution in [0.25, 0.3) is 16.9 Å². The Hall–Kier alpha value is -3.80. The first-order valence-corrected chi connectivity index (χ1v) is 8.35. The van der Waals surface area contributed by atoms with Gasteiger partial charge in [0, 0.05) is 11.1 Å². The van der Waals surface area contributed by atoms with Crippen LogP contribution in [0, 0.1) is 5.82 Å². The van der Waals surface area contributed by atoms with Gasteiger partial charge in [-0.2, -0.15) is 0 Å². The number of anilines is 1. The lowest BCUT2D eigenvalue weighted by Gasteiger charge is -2.09. The second-order valence-corrected chi connectivity index (χ2v) is 5.88. The molecule has 5 nitrogen and oxygen atoms in total. The van der Waals surface area contributed by atoms with Crippen molar-refractivity contribution in [3.8, 4) is 16.9 Å². The molecule has 0 bridgehead atoms. The largest absolute Gasteiger partial charge is 0.319 e. The highest BCUT2D eigenvalue weighted by Crippen LogP contribution is 2.21. The van der Waals surface area contributed by atoms with Gasteiger partial charge in [-0.3, -0.25) is 4.79 Å². The van der Waals surface area contributed by atoms with Crippen molar-refractivity contribution < 1.29 is 9.18 Å². The number of nitrogens with one attached hydrogen (secondary N) is 1. The minimum atomic E-state index is -0.474. The van der Waals surface area contributed by atoms with Gasteiger partial charge < -0.3 is 5.32 Å². The molecular formula is C21H15FN4O. The summed E-state index contributed by atoms with van der Waals surface area (Å²) in [5.41, 5.74) is 3.18. The fourth-order valence-electron chi connectivity index (χ4n) is 2.74. The van der Waals surface area contributed by atoms with E-state index in [1.54, 1.807) is 47.3 Å². The number of nitrogens with zero attached hydrogens (tertiary/aromatic N) is 3. The molecule has 1 N–H and O–H groups in total. The van der Waals surface area contributed by atoms with E-state index < -0.39 is 5.82 Å². The van der Waals surface area contributed by atoms with Crippen molar-refractivity contribution >= 4 is 11.6 Å². The number of para-hydroxylation sites is 1. The Bertz CT molecular complexity index is 1070. The van der Waals surface area contributed by atoms with Gasteiger partial charge in [0.2, 0.25) is 0 Å². The summed E-state index contributed by atoms with van der Waals surface area (Å²) in [4.78, 5) is 12.3. The maximum atomic E-state index is 13.7. The van der Waals surface area contributed by atoms with E-state index in [1.807, 2.05) is 30.3 Å². The molecule has 0 aliphatic heterocycles. The number of aromatic nitrogens is 3. The average molecular weight is 358 g/mol. The van der Waals surface area contributed by atoms with E-state index in [2.05, 4.69) is 15.6 Å². The number of halogens is 1. The Kier molecular flexibility index (Phi) is 4.45. The normalized spacial score (nSPS) is 10.6. The summed E-state index contributed by atoms with van der Waals surface area (Å²) in [5, 5.41) is 10.7. The standard InChI is InChI=1S/C21H15FN4O/c22-18-8-4-5-9-19(18)24-21(27)16-10-12-17(13-11-16)26-20(14-23-25-26)15-6-2-1-3-7-15/h1-14H,(H,24,27). The number of carbonyl (C=O) groups is 1. The predicted octanol–water partition coefficient (Wildman–Crippen LogP) is 4.33. The number of rotatable bonds is 4. The van der Waals surface area contributed by atoms with Crippen LogP contribution in [0.4, 0.5) is 10.1 Å². The quantitative estimate of drug-likeness (QED) is 0.591. The van der Waals surface area contributed by atoms with Crippen LogP contribution in [0.3, 0.4) is 0 Å². The number of carbonyl (C=O) groups excluding carboxylic acids is 1. The van der Waals surface area contributed by atoms with Gasteiger partial charge in [0.05, 0.1) is 23.3 Å². The Morgan fingerprint density at radius 2 is 1.59 bits per heavy atom. The van der Waals surface area contributed by atoms with E-state index in [1.165, 1.54) is 12.1 Å². The van der Waals surface area contributed by atoms with Crippen LogP contribution in [-0.2, 0) is 0 Å². The molecule has 0 radical (unpaired) electrons. The summed E-state index contributed by atoms with van der Waals surface area (Å²) in [5.74, 6) is -0.855. The Morgan fingerprint density at radius 1 is 0.889 bits per heavy atom. The van der Waals surface area contributed by atoms with E-state index >= 15 is 0 Å². The first-order valence-electron chi connectivity index (χ1n) is 8.35. The van der Waals surface area contributed by atoms with E-state index in [-0.39, 0.29) is 11.6 Å². The molecule has 0 spiro atoms. The van der Waals surface area contributed by atoms with Gasteiger partial charge in [0.1, 0.15) is 5.82 Å². The molecule has 0 saturated heterocycles. The first kappa shape index (κ1) is 16.7. The van der Waals surface area contributed by atoms with Crippen molar-refractivity contribution in [1.82, 2.24) is 15.0 Å². The second kappa shape index (κ2) is 7.21. The first-order chi connectivity index (χ1) is 13.2. The van der Waals surface area contributed by atoms with E-state index in [0.29, 0.717) is 5.56 Å². The van der Waals surface area contributed by atoms with Gasteiger partial charge in [-0.15, -0.1) is 5.10 Å². The molecule has 0 unspecified atom stereocenters. The molecule has 1 amide bonds. The minimum Gasteiger partial charge on any atom is -0.319 e. The summed E-state index contributed by atoms with van der Waals surface area (Å²) in [7, 11) is 0. The number of benzene rings is 3. The molecule has 0 saturated carbocycles. The summed E-state index contributed by atoms with van der Waals surface area (Å²) in [6, 6.07) is 22.7. The molecule has 0 aliphatic rings. The highest BCUT2D eigenvalue weighted by Gasteiger charge is 2.11. The molecule has 6 heteroatoms. The Morgan fingerprint density at radius 3 is 2.33 bits per heavy atom. The van der Waals surface area contributed by atoms with Crippen LogP contribution in [0.1, 0.15) is 10.4 Å². The lowest BCUT2D eigenvalue weighted by Crippen LogP contribution is -2.13. The molecule has 1 heterocycles. The van der Waals surface area contributed by atoms with Crippen LogP contribution < -0.4 is 5.32 Å². The molecule has 0 aliphatic carbocycles. The zero-order chi connectivity index (χ0) is 18.6. The maximum absolute atomic E-state index is 13.7. The van der Waals surface area contributed by atoms with Crippen molar-refractivity contribution in [2.45, 2.75) is 0 Å². The minimum absolute atomic E-state index is 0.147. The lowest BCUT2D eigenvalue weighted by molar-refractivity contribution is 0.102. The van der Waals surface area contributed by atoms with Gasteiger partial charge in [-0.05, 0) is 36.4 Å². The average Bonchev–Trinajstić information content (AvgIpc) is 3.20. The van der Waals surface area contributed by atoms with Crippen LogP contribution in [0.15, 0.2) is 85.1 Å². The topological polar surface area (TPSA) is 59.8 Å². The molecular weight excluding hydrogens is 343 g/mol. The van der Waals surface area contributed by atoms with Crippen LogP contribution >= 0.6 is 0 Å². The SMILES string of the molecule is O=C(Nc1ccccc1F)c1ccc(-n2nncc2-c2ccccc2)cc1. The summed E-state index contributed by atoms with van der Waals surface area (Å²) >= 11 is 0. The van der Waals surface area contributed by atoms with Crippen molar-refractivity contribution in [2.75, 3.05) is 5.32 Å². The van der Waals surface area contributed by atoms with E-state index in [9.17, 15) is 9.18 Å². The van der Waals surface area contributed by atoms with Gasteiger partial charge in [-0.25, -0.2) is 9.07 Å². The molecule has 4 aromatic rings. The molecule has 4 rings (SSSR count). The molecule has 1 aromatic heterocycles. The molecule has 0 fully saturated rings. The Balaban J connectivity index is 1.58. The van der Waals surface area contributed by atoms with Gasteiger partial charge in [-0.1, -0.05) is 47.7 Å². The second-order valence-electron chi connectivity index (χ2n) is 5.88. The van der Waals surface area contributed by atoms with Crippen molar-refractivity contribution in [3.05, 3.63) is 96.4 Å². The highest BCUT2D eigenvalue weighted by molar-refractivity contribution is 6.04. The molecule has 132 valence electrons. The van der Waals surface area contributed by atoms with Crippen LogP contribution in [-0.4, -0.2) is 20.9 Å². The number of amides is 1. The molecule has 3 aromatic carbocycles. The zero-order valence-corrected chi connectivity index (χ0v) is 14.2. The summed E-state index contributed by atoms with van der Waals surface area (Å²) in [6.45, 7) is 0. The van der Waals surface area contributed by atoms with Crippen molar-refractivity contribution in [2.24, 2.45) is 0 Å². The van der Waals surface area contributed by atoms with Gasteiger partial charge in [0.15, 0.2) is 0 Å². The van der Waals surface area contributed by atoms with Crippen LogP contribution in [0.2, 0.25) is 0 Å². The van der Waals surface area contributed by atoms with Crippen molar-refractivity contribution in [3.63, 3.8) is 0 Å². The van der Waals surface area contributed by atoms with Gasteiger partial charge in [0.25, 0.3) is 5.91 Å². The monoisotopic (exact) mass is 358 g/mol. The summed E-state index contributed by atoms with van der Waals surface area (Å²) < 4.78 is 15.4. The predicted molar refractivity (Wildman–Crippen MR) is 101 cm³/mol. The van der Waals surface area contributed by atoms with Gasteiger partial charge >= 0.3 is 0 Å². The highest BCUT2D eigenvalue weighted by atomic mass is 19.1. The Labute approximate surface area is 155 Å². The lowest BCUT2D eigenvalue weighted by atomic mass is 10.1. The number of hydrogen-bond donors (Lipinski definition) is 1. The maximum Gasteiger partial charge on any atom is 0.255 e. The van der Waals surface area contributed by atoms with E-state index in [4.69, 9.17) is 0 Å². The van der Waals surface area contributed by atoms with E-state index in [0.717, 1.165) is 16.9 Å². The molecule has 0 atom stereocenters. The fraction of sp³-hybridized carbons (Fsp3) is 0. The third-order valence-corrected chi connectivity index (χ3v) is 4.11. The third-order valence-electron chi connectivity index (χ3n) is 4.11. The zero-order valence-electron chi connectivity index (χ0n) is 14.2. The summed E-state index contributed by atoms with van der Waals surface area (Å²) in [6.07, 6.45) is 1.69. The smallest absolute Gasteiger partial charge is 0.255 e. The fourth-order valence-corrected chi connectivity index (χ4v) is 2.74.